The lowest BCUT2D eigenvalue weighted by molar-refractivity contribution is -0.142. The molecular weight excluding hydrogens is 239 g/mol. The average molecular weight is 254 g/mol. The molecular formula is C13H15FO4. The van der Waals surface area contributed by atoms with Crippen molar-refractivity contribution in [3.05, 3.63) is 24.0 Å². The fraction of sp³-hybridized carbons (Fsp3) is 0.462. The molecule has 0 atom stereocenters. The van der Waals surface area contributed by atoms with Gasteiger partial charge < -0.3 is 14.2 Å². The summed E-state index contributed by atoms with van der Waals surface area (Å²) in [6.07, 6.45) is 1.24. The molecule has 0 N–H and O–H groups in total. The van der Waals surface area contributed by atoms with Crippen LogP contribution in [0.25, 0.3) is 0 Å². The molecule has 0 aromatic heterocycles. The monoisotopic (exact) mass is 254 g/mol. The number of methoxy groups -OCH3 is 1. The third-order valence-corrected chi connectivity index (χ3v) is 2.90. The summed E-state index contributed by atoms with van der Waals surface area (Å²) in [5, 5.41) is 0. The van der Waals surface area contributed by atoms with Crippen LogP contribution in [0.1, 0.15) is 12.8 Å². The van der Waals surface area contributed by atoms with Gasteiger partial charge in [-0.1, -0.05) is 0 Å². The molecule has 5 heteroatoms. The Morgan fingerprint density at radius 3 is 2.72 bits per heavy atom. The van der Waals surface area contributed by atoms with Gasteiger partial charge in [0.2, 0.25) is 0 Å². The highest BCUT2D eigenvalue weighted by atomic mass is 19.1. The van der Waals surface area contributed by atoms with Gasteiger partial charge in [-0.2, -0.15) is 0 Å². The van der Waals surface area contributed by atoms with E-state index in [1.54, 1.807) is 6.07 Å². The number of benzene rings is 1. The van der Waals surface area contributed by atoms with Crippen molar-refractivity contribution in [2.24, 2.45) is 5.92 Å². The van der Waals surface area contributed by atoms with Crippen molar-refractivity contribution in [1.29, 1.82) is 0 Å². The Kier molecular flexibility index (Phi) is 4.15. The molecule has 18 heavy (non-hydrogen) atoms. The zero-order chi connectivity index (χ0) is 13.0. The second kappa shape index (κ2) is 5.82. The third kappa shape index (κ3) is 2.98. The van der Waals surface area contributed by atoms with Crippen molar-refractivity contribution in [1.82, 2.24) is 0 Å². The Labute approximate surface area is 105 Å². The van der Waals surface area contributed by atoms with Crippen molar-refractivity contribution >= 4 is 5.97 Å². The SMILES string of the molecule is COc1ccc(OC(=O)C2CCOCC2)c(F)c1. The highest BCUT2D eigenvalue weighted by Crippen LogP contribution is 2.24. The van der Waals surface area contributed by atoms with Crippen molar-refractivity contribution in [3.63, 3.8) is 0 Å². The van der Waals surface area contributed by atoms with Crippen LogP contribution in [-0.4, -0.2) is 26.3 Å². The largest absolute Gasteiger partial charge is 0.497 e. The highest BCUT2D eigenvalue weighted by Gasteiger charge is 2.24. The summed E-state index contributed by atoms with van der Waals surface area (Å²) >= 11 is 0. The molecule has 1 heterocycles. The predicted molar refractivity (Wildman–Crippen MR) is 62.1 cm³/mol. The summed E-state index contributed by atoms with van der Waals surface area (Å²) in [4.78, 5) is 11.8. The molecule has 1 fully saturated rings. The molecule has 4 nitrogen and oxygen atoms in total. The standard InChI is InChI=1S/C13H15FO4/c1-16-10-2-3-12(11(14)8-10)18-13(15)9-4-6-17-7-5-9/h2-3,8-9H,4-7H2,1H3. The number of hydrogen-bond acceptors (Lipinski definition) is 4. The van der Waals surface area contributed by atoms with E-state index in [0.29, 0.717) is 31.8 Å². The minimum atomic E-state index is -0.602. The van der Waals surface area contributed by atoms with Crippen molar-refractivity contribution in [2.75, 3.05) is 20.3 Å². The van der Waals surface area contributed by atoms with Crippen LogP contribution in [-0.2, 0) is 9.53 Å². The Bertz CT molecular complexity index is 427. The van der Waals surface area contributed by atoms with Crippen LogP contribution in [0.2, 0.25) is 0 Å². The Hall–Kier alpha value is -1.62. The number of halogens is 1. The van der Waals surface area contributed by atoms with Gasteiger partial charge in [-0.25, -0.2) is 4.39 Å². The van der Waals surface area contributed by atoms with Gasteiger partial charge in [-0.3, -0.25) is 4.79 Å². The molecule has 1 aromatic rings. The molecule has 0 unspecified atom stereocenters. The first-order valence-electron chi connectivity index (χ1n) is 5.83. The van der Waals surface area contributed by atoms with Gasteiger partial charge in [0, 0.05) is 19.3 Å². The van der Waals surface area contributed by atoms with Crippen LogP contribution in [0.5, 0.6) is 11.5 Å². The van der Waals surface area contributed by atoms with Crippen LogP contribution >= 0.6 is 0 Å². The van der Waals surface area contributed by atoms with Crippen LogP contribution < -0.4 is 9.47 Å². The maximum atomic E-state index is 13.6. The molecule has 0 aliphatic carbocycles. The number of carbonyl (C=O) groups excluding carboxylic acids is 1. The first-order valence-corrected chi connectivity index (χ1v) is 5.83. The van der Waals surface area contributed by atoms with Gasteiger partial charge in [-0.05, 0) is 25.0 Å². The maximum absolute atomic E-state index is 13.6. The molecule has 0 amide bonds. The van der Waals surface area contributed by atoms with E-state index in [4.69, 9.17) is 14.2 Å². The van der Waals surface area contributed by atoms with E-state index >= 15 is 0 Å². The smallest absolute Gasteiger partial charge is 0.314 e. The highest BCUT2D eigenvalue weighted by molar-refractivity contribution is 5.75. The summed E-state index contributed by atoms with van der Waals surface area (Å²) in [6.45, 7) is 1.09. The van der Waals surface area contributed by atoms with Gasteiger partial charge >= 0.3 is 5.97 Å². The van der Waals surface area contributed by atoms with Gasteiger partial charge in [0.25, 0.3) is 0 Å². The first kappa shape index (κ1) is 12.8. The second-order valence-electron chi connectivity index (χ2n) is 4.10. The number of ether oxygens (including phenoxy) is 3. The van der Waals surface area contributed by atoms with E-state index in [1.165, 1.54) is 19.2 Å². The van der Waals surface area contributed by atoms with E-state index in [-0.39, 0.29) is 11.7 Å². The maximum Gasteiger partial charge on any atom is 0.314 e. The van der Waals surface area contributed by atoms with Crippen molar-refractivity contribution in [3.8, 4) is 11.5 Å². The summed E-state index contributed by atoms with van der Waals surface area (Å²) in [5.41, 5.74) is 0. The quantitative estimate of drug-likeness (QED) is 0.612. The normalized spacial score (nSPS) is 16.3. The third-order valence-electron chi connectivity index (χ3n) is 2.90. The van der Waals surface area contributed by atoms with Gasteiger partial charge in [-0.15, -0.1) is 0 Å². The van der Waals surface area contributed by atoms with Crippen LogP contribution in [0, 0.1) is 11.7 Å². The van der Waals surface area contributed by atoms with Gasteiger partial charge in [0.1, 0.15) is 5.75 Å². The lowest BCUT2D eigenvalue weighted by Crippen LogP contribution is -2.27. The number of rotatable bonds is 3. The zero-order valence-corrected chi connectivity index (χ0v) is 10.1. The van der Waals surface area contributed by atoms with Gasteiger partial charge in [0.15, 0.2) is 11.6 Å². The van der Waals surface area contributed by atoms with E-state index in [1.807, 2.05) is 0 Å². The zero-order valence-electron chi connectivity index (χ0n) is 10.1. The fourth-order valence-electron chi connectivity index (χ4n) is 1.82. The number of carbonyl (C=O) groups is 1. The average Bonchev–Trinajstić information content (AvgIpc) is 2.42. The molecule has 0 bridgehead atoms. The molecule has 98 valence electrons. The molecule has 0 saturated carbocycles. The van der Waals surface area contributed by atoms with Crippen molar-refractivity contribution in [2.45, 2.75) is 12.8 Å². The Balaban J connectivity index is 2.02. The molecule has 2 rings (SSSR count). The molecule has 1 aromatic carbocycles. The van der Waals surface area contributed by atoms with E-state index in [9.17, 15) is 9.18 Å². The molecule has 1 aliphatic heterocycles. The van der Waals surface area contributed by atoms with Crippen LogP contribution in [0.15, 0.2) is 18.2 Å². The number of hydrogen-bond donors (Lipinski definition) is 0. The van der Waals surface area contributed by atoms with E-state index in [2.05, 4.69) is 0 Å². The molecule has 1 aliphatic rings. The topological polar surface area (TPSA) is 44.8 Å². The Morgan fingerprint density at radius 2 is 2.11 bits per heavy atom. The lowest BCUT2D eigenvalue weighted by Gasteiger charge is -2.20. The first-order chi connectivity index (χ1) is 8.70. The summed E-state index contributed by atoms with van der Waals surface area (Å²) < 4.78 is 28.7. The summed E-state index contributed by atoms with van der Waals surface area (Å²) in [5.74, 6) is -0.886. The van der Waals surface area contributed by atoms with Crippen molar-refractivity contribution < 1.29 is 23.4 Å². The van der Waals surface area contributed by atoms with Gasteiger partial charge in [0.05, 0.1) is 13.0 Å². The van der Waals surface area contributed by atoms with E-state index in [0.717, 1.165) is 0 Å². The second-order valence-corrected chi connectivity index (χ2v) is 4.10. The fourth-order valence-corrected chi connectivity index (χ4v) is 1.82. The predicted octanol–water partition coefficient (Wildman–Crippen LogP) is 2.17. The molecule has 0 radical (unpaired) electrons. The number of esters is 1. The lowest BCUT2D eigenvalue weighted by atomic mass is 10.0. The Morgan fingerprint density at radius 1 is 1.39 bits per heavy atom. The summed E-state index contributed by atoms with van der Waals surface area (Å²) in [6, 6.07) is 4.13. The van der Waals surface area contributed by atoms with Crippen LogP contribution in [0.3, 0.4) is 0 Å². The molecule has 0 spiro atoms. The minimum Gasteiger partial charge on any atom is -0.497 e. The van der Waals surface area contributed by atoms with E-state index < -0.39 is 11.8 Å². The molecule has 1 saturated heterocycles. The van der Waals surface area contributed by atoms with Crippen LogP contribution in [0.4, 0.5) is 4.39 Å². The summed E-state index contributed by atoms with van der Waals surface area (Å²) in [7, 11) is 1.45. The minimum absolute atomic E-state index is 0.0627.